The maximum absolute atomic E-state index is 12.7. The summed E-state index contributed by atoms with van der Waals surface area (Å²) in [4.78, 5) is 26.3. The van der Waals surface area contributed by atoms with Crippen LogP contribution in [0.1, 0.15) is 59.9 Å². The minimum atomic E-state index is -0.543. The summed E-state index contributed by atoms with van der Waals surface area (Å²) in [7, 11) is 1.70. The quantitative estimate of drug-likeness (QED) is 0.549. The van der Waals surface area contributed by atoms with Crippen LogP contribution in [0.4, 0.5) is 10.5 Å². The number of benzene rings is 1. The summed E-state index contributed by atoms with van der Waals surface area (Å²) in [6.45, 7) is 11.6. The molecule has 0 spiro atoms. The molecule has 0 radical (unpaired) electrons. The van der Waals surface area contributed by atoms with Crippen molar-refractivity contribution in [3.8, 4) is 0 Å². The first-order valence-corrected chi connectivity index (χ1v) is 9.78. The Morgan fingerprint density at radius 3 is 2.21 bits per heavy atom. The zero-order valence-electron chi connectivity index (χ0n) is 18.4. The van der Waals surface area contributed by atoms with Crippen LogP contribution in [-0.2, 0) is 20.7 Å². The maximum Gasteiger partial charge on any atom is 0.410 e. The molecule has 0 saturated heterocycles. The van der Waals surface area contributed by atoms with Crippen molar-refractivity contribution in [2.45, 2.75) is 72.0 Å². The third kappa shape index (κ3) is 9.62. The molecule has 0 aliphatic carbocycles. The first kappa shape index (κ1) is 23.8. The number of ether oxygens (including phenoxy) is 2. The zero-order valence-corrected chi connectivity index (χ0v) is 18.4. The summed E-state index contributed by atoms with van der Waals surface area (Å²) >= 11 is 0. The van der Waals surface area contributed by atoms with Gasteiger partial charge in [-0.1, -0.05) is 12.1 Å². The smallest absolute Gasteiger partial charge is 0.410 e. The van der Waals surface area contributed by atoms with E-state index in [1.165, 1.54) is 4.90 Å². The van der Waals surface area contributed by atoms with E-state index >= 15 is 0 Å². The van der Waals surface area contributed by atoms with Crippen LogP contribution in [-0.4, -0.2) is 41.8 Å². The number of esters is 1. The summed E-state index contributed by atoms with van der Waals surface area (Å²) in [6.07, 6.45) is 1.46. The highest BCUT2D eigenvalue weighted by Gasteiger charge is 2.26. The molecular weight excluding hydrogens is 356 g/mol. The van der Waals surface area contributed by atoms with Crippen LogP contribution in [0.5, 0.6) is 0 Å². The number of amides is 1. The average Bonchev–Trinajstić information content (AvgIpc) is 2.50. The molecule has 6 heteroatoms. The first-order valence-electron chi connectivity index (χ1n) is 9.78. The van der Waals surface area contributed by atoms with Crippen LogP contribution in [0.15, 0.2) is 24.3 Å². The Kier molecular flexibility index (Phi) is 8.33. The van der Waals surface area contributed by atoms with Gasteiger partial charge in [-0.15, -0.1) is 0 Å². The van der Waals surface area contributed by atoms with E-state index in [9.17, 15) is 9.59 Å². The number of nitrogen functional groups attached to an aromatic ring is 1. The molecule has 0 saturated carbocycles. The topological polar surface area (TPSA) is 81.9 Å². The molecule has 1 atom stereocenters. The van der Waals surface area contributed by atoms with Crippen molar-refractivity contribution in [3.05, 3.63) is 29.8 Å². The van der Waals surface area contributed by atoms with E-state index in [1.807, 2.05) is 65.8 Å². The van der Waals surface area contributed by atoms with Crippen LogP contribution in [0, 0.1) is 5.92 Å². The highest BCUT2D eigenvalue weighted by molar-refractivity contribution is 5.73. The first-order chi connectivity index (χ1) is 12.8. The molecule has 0 aliphatic heterocycles. The second-order valence-corrected chi connectivity index (χ2v) is 9.22. The summed E-state index contributed by atoms with van der Waals surface area (Å²) in [6, 6.07) is 7.54. The minimum Gasteiger partial charge on any atom is -0.460 e. The second kappa shape index (κ2) is 9.80. The number of carbonyl (C=O) groups excluding carboxylic acids is 2. The van der Waals surface area contributed by atoms with Crippen LogP contribution in [0.3, 0.4) is 0 Å². The van der Waals surface area contributed by atoms with Crippen molar-refractivity contribution in [2.75, 3.05) is 19.3 Å². The average molecular weight is 393 g/mol. The number of rotatable bonds is 7. The SMILES string of the molecule is CN(CCCC(Cc1cccc(N)c1)C(=O)OC(C)(C)C)C(=O)OC(C)(C)C. The van der Waals surface area contributed by atoms with Crippen molar-refractivity contribution in [2.24, 2.45) is 5.92 Å². The third-order valence-electron chi connectivity index (χ3n) is 3.92. The van der Waals surface area contributed by atoms with Gasteiger partial charge >= 0.3 is 12.1 Å². The fourth-order valence-corrected chi connectivity index (χ4v) is 2.70. The number of nitrogens with zero attached hydrogens (tertiary/aromatic N) is 1. The largest absolute Gasteiger partial charge is 0.460 e. The highest BCUT2D eigenvalue weighted by Crippen LogP contribution is 2.21. The molecule has 28 heavy (non-hydrogen) atoms. The fraction of sp³-hybridized carbons (Fsp3) is 0.636. The van der Waals surface area contributed by atoms with E-state index in [0.29, 0.717) is 31.5 Å². The van der Waals surface area contributed by atoms with Crippen molar-refractivity contribution in [3.63, 3.8) is 0 Å². The van der Waals surface area contributed by atoms with E-state index in [2.05, 4.69) is 0 Å². The molecule has 0 bridgehead atoms. The Balaban J connectivity index is 2.72. The Morgan fingerprint density at radius 2 is 1.68 bits per heavy atom. The summed E-state index contributed by atoms with van der Waals surface area (Å²) in [5.41, 5.74) is 6.46. The van der Waals surface area contributed by atoms with E-state index in [4.69, 9.17) is 15.2 Å². The Bertz CT molecular complexity index is 659. The molecule has 0 aromatic heterocycles. The van der Waals surface area contributed by atoms with Gasteiger partial charge in [0.25, 0.3) is 0 Å². The second-order valence-electron chi connectivity index (χ2n) is 9.22. The zero-order chi connectivity index (χ0) is 21.5. The lowest BCUT2D eigenvalue weighted by atomic mass is 9.94. The molecule has 1 amide bonds. The lowest BCUT2D eigenvalue weighted by molar-refractivity contribution is -0.160. The molecule has 1 aromatic carbocycles. The van der Waals surface area contributed by atoms with Gasteiger partial charge in [-0.2, -0.15) is 0 Å². The summed E-state index contributed by atoms with van der Waals surface area (Å²) < 4.78 is 11.0. The molecule has 0 aliphatic rings. The number of hydrogen-bond acceptors (Lipinski definition) is 5. The van der Waals surface area contributed by atoms with Crippen molar-refractivity contribution in [1.82, 2.24) is 4.90 Å². The van der Waals surface area contributed by atoms with Gasteiger partial charge in [-0.25, -0.2) is 4.79 Å². The normalized spacial score (nSPS) is 13.0. The van der Waals surface area contributed by atoms with Gasteiger partial charge in [0.2, 0.25) is 0 Å². The van der Waals surface area contributed by atoms with E-state index in [1.54, 1.807) is 7.05 Å². The molecule has 1 unspecified atom stereocenters. The number of carbonyl (C=O) groups is 2. The van der Waals surface area contributed by atoms with Gasteiger partial charge in [0.1, 0.15) is 11.2 Å². The molecule has 2 N–H and O–H groups in total. The number of hydrogen-bond donors (Lipinski definition) is 1. The van der Waals surface area contributed by atoms with Crippen molar-refractivity contribution >= 4 is 17.7 Å². The predicted molar refractivity (Wildman–Crippen MR) is 112 cm³/mol. The van der Waals surface area contributed by atoms with Crippen LogP contribution >= 0.6 is 0 Å². The van der Waals surface area contributed by atoms with Crippen molar-refractivity contribution < 1.29 is 19.1 Å². The molecular formula is C22H36N2O4. The predicted octanol–water partition coefficient (Wildman–Crippen LogP) is 4.42. The van der Waals surface area contributed by atoms with Crippen LogP contribution in [0.25, 0.3) is 0 Å². The number of nitrogens with two attached hydrogens (primary N) is 1. The molecule has 158 valence electrons. The standard InChI is InChI=1S/C22H36N2O4/c1-21(2,3)27-19(25)17(14-16-10-8-12-18(23)15-16)11-9-13-24(7)20(26)28-22(4,5)6/h8,10,12,15,17H,9,11,13-14,23H2,1-7H3. The van der Waals surface area contributed by atoms with E-state index in [0.717, 1.165) is 5.56 Å². The van der Waals surface area contributed by atoms with Crippen molar-refractivity contribution in [1.29, 1.82) is 0 Å². The Hall–Kier alpha value is -2.24. The summed E-state index contributed by atoms with van der Waals surface area (Å²) in [5.74, 6) is -0.525. The maximum atomic E-state index is 12.7. The van der Waals surface area contributed by atoms with Gasteiger partial charge in [-0.3, -0.25) is 4.79 Å². The Labute approximate surface area is 169 Å². The molecule has 0 heterocycles. The molecule has 0 fully saturated rings. The van der Waals surface area contributed by atoms with Gasteiger partial charge in [0.05, 0.1) is 5.92 Å². The van der Waals surface area contributed by atoms with E-state index in [-0.39, 0.29) is 18.0 Å². The molecule has 1 aromatic rings. The third-order valence-corrected chi connectivity index (χ3v) is 3.92. The fourth-order valence-electron chi connectivity index (χ4n) is 2.70. The lowest BCUT2D eigenvalue weighted by Crippen LogP contribution is -2.35. The van der Waals surface area contributed by atoms with Crippen LogP contribution < -0.4 is 5.73 Å². The minimum absolute atomic E-state index is 0.227. The number of anilines is 1. The molecule has 1 rings (SSSR count). The molecule has 6 nitrogen and oxygen atoms in total. The highest BCUT2D eigenvalue weighted by atomic mass is 16.6. The van der Waals surface area contributed by atoms with Crippen LogP contribution in [0.2, 0.25) is 0 Å². The summed E-state index contributed by atoms with van der Waals surface area (Å²) in [5, 5.41) is 0. The van der Waals surface area contributed by atoms with Gasteiger partial charge in [-0.05, 0) is 78.5 Å². The lowest BCUT2D eigenvalue weighted by Gasteiger charge is -2.26. The van der Waals surface area contributed by atoms with Gasteiger partial charge in [0.15, 0.2) is 0 Å². The monoisotopic (exact) mass is 392 g/mol. The van der Waals surface area contributed by atoms with Gasteiger partial charge < -0.3 is 20.1 Å². The Morgan fingerprint density at radius 1 is 1.07 bits per heavy atom. The van der Waals surface area contributed by atoms with Gasteiger partial charge in [0, 0.05) is 19.3 Å². The van der Waals surface area contributed by atoms with E-state index < -0.39 is 11.2 Å².